The third-order valence-corrected chi connectivity index (χ3v) is 6.25. The first kappa shape index (κ1) is 24.5. The molecule has 0 aliphatic rings. The van der Waals surface area contributed by atoms with Crippen LogP contribution in [-0.2, 0) is 0 Å². The van der Waals surface area contributed by atoms with Gasteiger partial charge in [0, 0.05) is 16.6 Å². The largest absolute Gasteiger partial charge is 0.511 e. The minimum Gasteiger partial charge on any atom is -0.505 e. The molecule has 0 unspecified atom stereocenters. The number of hydrogen-bond acceptors (Lipinski definition) is 6. The summed E-state index contributed by atoms with van der Waals surface area (Å²) in [7, 11) is 0. The van der Waals surface area contributed by atoms with Crippen LogP contribution in [-0.4, -0.2) is 26.0 Å². The molecule has 5 aromatic rings. The molecule has 0 spiro atoms. The number of hydrogen-bond donors (Lipinski definition) is 3. The van der Waals surface area contributed by atoms with E-state index in [1.165, 1.54) is 30.3 Å². The maximum absolute atomic E-state index is 14.2. The molecule has 0 aliphatic carbocycles. The number of azo groups is 1. The molecule has 9 heteroatoms. The molecule has 0 amide bonds. The van der Waals surface area contributed by atoms with Crippen LogP contribution in [0.2, 0.25) is 0 Å². The van der Waals surface area contributed by atoms with Crippen LogP contribution >= 0.6 is 0 Å². The molecule has 0 atom stereocenters. The van der Waals surface area contributed by atoms with Crippen LogP contribution in [0.3, 0.4) is 0 Å². The highest BCUT2D eigenvalue weighted by Crippen LogP contribution is 2.44. The predicted molar refractivity (Wildman–Crippen MR) is 141 cm³/mol. The molecule has 38 heavy (non-hydrogen) atoms. The van der Waals surface area contributed by atoms with Gasteiger partial charge in [0.05, 0.1) is 5.52 Å². The summed E-state index contributed by atoms with van der Waals surface area (Å²) in [5, 5.41) is 39.7. The van der Waals surface area contributed by atoms with Crippen molar-refractivity contribution in [1.29, 1.82) is 0 Å². The number of para-hydroxylation sites is 1. The van der Waals surface area contributed by atoms with E-state index in [0.717, 1.165) is 11.1 Å². The molecule has 0 radical (unpaired) electrons. The average molecular weight is 512 g/mol. The van der Waals surface area contributed by atoms with Crippen LogP contribution in [0.5, 0.6) is 17.4 Å². The van der Waals surface area contributed by atoms with Crippen molar-refractivity contribution in [2.24, 2.45) is 10.2 Å². The Morgan fingerprint density at radius 3 is 2.45 bits per heavy atom. The highest BCUT2D eigenvalue weighted by atomic mass is 19.1. The lowest BCUT2D eigenvalue weighted by atomic mass is 10.0. The van der Waals surface area contributed by atoms with Crippen molar-refractivity contribution in [3.8, 4) is 34.2 Å². The molecule has 1 heterocycles. The Morgan fingerprint density at radius 1 is 0.895 bits per heavy atom. The normalized spacial score (nSPS) is 11.3. The lowest BCUT2D eigenvalue weighted by Crippen LogP contribution is -2.02. The lowest BCUT2D eigenvalue weighted by molar-refractivity contribution is 0.144. The van der Waals surface area contributed by atoms with Crippen LogP contribution in [0.1, 0.15) is 11.1 Å². The number of carbonyl (C=O) groups is 1. The maximum atomic E-state index is 14.2. The predicted octanol–water partition coefficient (Wildman–Crippen LogP) is 7.94. The van der Waals surface area contributed by atoms with Crippen LogP contribution < -0.4 is 4.74 Å². The molecule has 0 fully saturated rings. The summed E-state index contributed by atoms with van der Waals surface area (Å²) in [4.78, 5) is 10.9. The Morgan fingerprint density at radius 2 is 1.68 bits per heavy atom. The molecule has 0 saturated carbocycles. The molecule has 3 N–H and O–H groups in total. The van der Waals surface area contributed by atoms with Gasteiger partial charge in [-0.25, -0.2) is 9.18 Å². The summed E-state index contributed by atoms with van der Waals surface area (Å²) in [5.74, 6) is -0.855. The Labute approximate surface area is 216 Å². The highest BCUT2D eigenvalue weighted by molar-refractivity contribution is 5.96. The zero-order chi connectivity index (χ0) is 27.0. The second-order valence-corrected chi connectivity index (χ2v) is 8.71. The van der Waals surface area contributed by atoms with E-state index in [1.54, 1.807) is 34.9 Å². The fraction of sp³-hybridized carbons (Fsp3) is 0.0690. The van der Waals surface area contributed by atoms with Crippen LogP contribution in [0.15, 0.2) is 89.1 Å². The number of rotatable bonds is 5. The number of fused-ring (bicyclic) bond motifs is 1. The Bertz CT molecular complexity index is 1740. The number of phenols is 1. The van der Waals surface area contributed by atoms with E-state index in [2.05, 4.69) is 10.2 Å². The van der Waals surface area contributed by atoms with Gasteiger partial charge in [0.25, 0.3) is 0 Å². The second kappa shape index (κ2) is 9.70. The monoisotopic (exact) mass is 511 g/mol. The number of aryl methyl sites for hydroxylation is 2. The van der Waals surface area contributed by atoms with E-state index in [-0.39, 0.29) is 28.8 Å². The number of aromatic nitrogens is 1. The van der Waals surface area contributed by atoms with E-state index >= 15 is 0 Å². The molecule has 190 valence electrons. The van der Waals surface area contributed by atoms with E-state index in [1.807, 2.05) is 32.0 Å². The van der Waals surface area contributed by atoms with Crippen molar-refractivity contribution in [3.63, 3.8) is 0 Å². The zero-order valence-corrected chi connectivity index (χ0v) is 20.4. The van der Waals surface area contributed by atoms with Crippen molar-refractivity contribution in [1.82, 2.24) is 4.57 Å². The molecule has 5 rings (SSSR count). The number of benzene rings is 4. The number of nitrogens with zero attached hydrogens (tertiary/aromatic N) is 3. The van der Waals surface area contributed by atoms with Crippen molar-refractivity contribution in [2.75, 3.05) is 0 Å². The number of halogens is 1. The standard InChI is InChI=1S/C29H22FN3O5/c1-16-9-11-20(13-17(16)2)33-25-12-10-19(30)15-23(25)26(28(33)35)32-31-24-8-4-7-22(27(24)34)18-5-3-6-21(14-18)38-29(36)37/h3-15,34-35H,1-2H3,(H,36,37). The minimum atomic E-state index is -1.45. The van der Waals surface area contributed by atoms with Gasteiger partial charge in [-0.2, -0.15) is 0 Å². The topological polar surface area (TPSA) is 117 Å². The molecular formula is C29H22FN3O5. The third-order valence-electron chi connectivity index (χ3n) is 6.25. The molecule has 0 aliphatic heterocycles. The summed E-state index contributed by atoms with van der Waals surface area (Å²) >= 11 is 0. The van der Waals surface area contributed by atoms with E-state index in [9.17, 15) is 19.4 Å². The first-order valence-electron chi connectivity index (χ1n) is 11.6. The molecule has 4 aromatic carbocycles. The van der Waals surface area contributed by atoms with Gasteiger partial charge in [0.15, 0.2) is 11.4 Å². The number of ether oxygens (including phenoxy) is 1. The maximum Gasteiger partial charge on any atom is 0.511 e. The summed E-state index contributed by atoms with van der Waals surface area (Å²) in [5.41, 5.74) is 4.32. The van der Waals surface area contributed by atoms with Crippen LogP contribution in [0.25, 0.3) is 27.7 Å². The third kappa shape index (κ3) is 4.53. The van der Waals surface area contributed by atoms with Gasteiger partial charge in [-0.3, -0.25) is 4.57 Å². The van der Waals surface area contributed by atoms with E-state index < -0.39 is 12.0 Å². The molecule has 8 nitrogen and oxygen atoms in total. The molecule has 1 aromatic heterocycles. The van der Waals surface area contributed by atoms with Crippen molar-refractivity contribution in [2.45, 2.75) is 13.8 Å². The summed E-state index contributed by atoms with van der Waals surface area (Å²) in [6, 6.07) is 20.8. The van der Waals surface area contributed by atoms with Crippen molar-refractivity contribution >= 4 is 28.4 Å². The fourth-order valence-corrected chi connectivity index (χ4v) is 4.23. The molecular weight excluding hydrogens is 489 g/mol. The van der Waals surface area contributed by atoms with Gasteiger partial charge in [-0.05, 0) is 79.1 Å². The van der Waals surface area contributed by atoms with Gasteiger partial charge in [-0.15, -0.1) is 10.2 Å². The van der Waals surface area contributed by atoms with Gasteiger partial charge < -0.3 is 20.1 Å². The smallest absolute Gasteiger partial charge is 0.505 e. The van der Waals surface area contributed by atoms with Crippen LogP contribution in [0, 0.1) is 19.7 Å². The van der Waals surface area contributed by atoms with Gasteiger partial charge in [-0.1, -0.05) is 30.3 Å². The van der Waals surface area contributed by atoms with E-state index in [4.69, 9.17) is 9.84 Å². The Hall–Kier alpha value is -5.18. The SMILES string of the molecule is Cc1ccc(-n2c(O)c(N=Nc3cccc(-c4cccc(OC(=O)O)c4)c3O)c3cc(F)ccc32)cc1C. The first-order valence-corrected chi connectivity index (χ1v) is 11.6. The number of aromatic hydroxyl groups is 2. The van der Waals surface area contributed by atoms with Gasteiger partial charge in [0.2, 0.25) is 5.88 Å². The summed E-state index contributed by atoms with van der Waals surface area (Å²) < 4.78 is 20.5. The summed E-state index contributed by atoms with van der Waals surface area (Å²) in [6.45, 7) is 3.94. The number of phenolic OH excluding ortho intramolecular Hbond substituents is 1. The zero-order valence-electron chi connectivity index (χ0n) is 20.4. The minimum absolute atomic E-state index is 0.0411. The Kier molecular flexibility index (Phi) is 6.26. The van der Waals surface area contributed by atoms with Gasteiger partial charge >= 0.3 is 6.16 Å². The average Bonchev–Trinajstić information content (AvgIpc) is 3.15. The van der Waals surface area contributed by atoms with Crippen molar-refractivity contribution in [3.05, 3.63) is 95.8 Å². The highest BCUT2D eigenvalue weighted by Gasteiger charge is 2.19. The lowest BCUT2D eigenvalue weighted by Gasteiger charge is -2.09. The number of carboxylic acid groups (broad SMARTS) is 1. The second-order valence-electron chi connectivity index (χ2n) is 8.71. The van der Waals surface area contributed by atoms with E-state index in [0.29, 0.717) is 27.7 Å². The van der Waals surface area contributed by atoms with Gasteiger partial charge in [0.1, 0.15) is 17.3 Å². The molecule has 0 saturated heterocycles. The quantitative estimate of drug-likeness (QED) is 0.126. The molecule has 0 bridgehead atoms. The fourth-order valence-electron chi connectivity index (χ4n) is 4.23. The first-order chi connectivity index (χ1) is 18.2. The summed E-state index contributed by atoms with van der Waals surface area (Å²) in [6.07, 6.45) is -1.45. The van der Waals surface area contributed by atoms with Crippen molar-refractivity contribution < 1.29 is 29.2 Å². The van der Waals surface area contributed by atoms with Crippen LogP contribution in [0.4, 0.5) is 20.6 Å². The Balaban J connectivity index is 1.60.